The second-order valence-corrected chi connectivity index (χ2v) is 5.01. The number of fused-ring (bicyclic) bond motifs is 1. The standard InChI is InChI=1S/C15H24N4O3/c1-2-22-15(7-8-18(9-11-20)10-12-21)19-14-6-4-3-5-13(14)16-17-19/h3-6,15,20-21H,2,7-12H2,1H3. The zero-order chi connectivity index (χ0) is 15.8. The Kier molecular flexibility index (Phi) is 6.73. The van der Waals surface area contributed by atoms with Gasteiger partial charge in [0.25, 0.3) is 0 Å². The summed E-state index contributed by atoms with van der Waals surface area (Å²) in [4.78, 5) is 2.01. The van der Waals surface area contributed by atoms with E-state index >= 15 is 0 Å². The van der Waals surface area contributed by atoms with E-state index in [0.29, 0.717) is 32.7 Å². The van der Waals surface area contributed by atoms with Gasteiger partial charge in [-0.2, -0.15) is 0 Å². The lowest BCUT2D eigenvalue weighted by Gasteiger charge is -2.24. The molecule has 0 saturated carbocycles. The Morgan fingerprint density at radius 1 is 1.18 bits per heavy atom. The molecule has 1 heterocycles. The van der Waals surface area contributed by atoms with Crippen LogP contribution < -0.4 is 0 Å². The summed E-state index contributed by atoms with van der Waals surface area (Å²) in [5, 5.41) is 26.5. The first-order valence-electron chi connectivity index (χ1n) is 7.65. The molecule has 1 atom stereocenters. The third-order valence-corrected chi connectivity index (χ3v) is 3.53. The number of ether oxygens (including phenoxy) is 1. The number of aliphatic hydroxyl groups is 2. The van der Waals surface area contributed by atoms with Gasteiger partial charge < -0.3 is 14.9 Å². The molecule has 2 rings (SSSR count). The van der Waals surface area contributed by atoms with Crippen molar-refractivity contribution in [1.29, 1.82) is 0 Å². The van der Waals surface area contributed by atoms with Crippen LogP contribution in [0.4, 0.5) is 0 Å². The second kappa shape index (κ2) is 8.79. The molecule has 2 N–H and O–H groups in total. The molecule has 0 amide bonds. The largest absolute Gasteiger partial charge is 0.395 e. The average molecular weight is 308 g/mol. The Balaban J connectivity index is 2.09. The van der Waals surface area contributed by atoms with Crippen molar-refractivity contribution in [2.75, 3.05) is 39.5 Å². The Bertz CT molecular complexity index is 554. The molecule has 2 aromatic rings. The number of nitrogens with zero attached hydrogens (tertiary/aromatic N) is 4. The van der Waals surface area contributed by atoms with Crippen LogP contribution in [0, 0.1) is 0 Å². The fourth-order valence-corrected chi connectivity index (χ4v) is 2.48. The SMILES string of the molecule is CCOC(CCN(CCO)CCO)n1nnc2ccccc21. The Labute approximate surface area is 130 Å². The molecule has 7 nitrogen and oxygen atoms in total. The van der Waals surface area contributed by atoms with Gasteiger partial charge in [-0.25, -0.2) is 4.68 Å². The van der Waals surface area contributed by atoms with Crippen molar-refractivity contribution in [1.82, 2.24) is 19.9 Å². The van der Waals surface area contributed by atoms with Crippen molar-refractivity contribution >= 4 is 11.0 Å². The number of benzene rings is 1. The lowest BCUT2D eigenvalue weighted by atomic mass is 10.3. The molecule has 7 heteroatoms. The Hall–Kier alpha value is -1.54. The molecule has 0 aliphatic heterocycles. The van der Waals surface area contributed by atoms with Crippen molar-refractivity contribution < 1.29 is 14.9 Å². The van der Waals surface area contributed by atoms with Gasteiger partial charge in [0.1, 0.15) is 5.52 Å². The van der Waals surface area contributed by atoms with E-state index in [2.05, 4.69) is 10.3 Å². The lowest BCUT2D eigenvalue weighted by Crippen LogP contribution is -2.32. The molecule has 0 saturated heterocycles. The molecule has 0 radical (unpaired) electrons. The van der Waals surface area contributed by atoms with E-state index in [1.165, 1.54) is 0 Å². The summed E-state index contributed by atoms with van der Waals surface area (Å²) in [6, 6.07) is 7.78. The molecule has 1 unspecified atom stereocenters. The highest BCUT2D eigenvalue weighted by Gasteiger charge is 2.17. The van der Waals surface area contributed by atoms with Crippen LogP contribution in [0.3, 0.4) is 0 Å². The number of aromatic nitrogens is 3. The van der Waals surface area contributed by atoms with Crippen molar-refractivity contribution in [3.63, 3.8) is 0 Å². The van der Waals surface area contributed by atoms with Crippen LogP contribution in [0.2, 0.25) is 0 Å². The molecular weight excluding hydrogens is 284 g/mol. The average Bonchev–Trinajstić information content (AvgIpc) is 2.95. The maximum Gasteiger partial charge on any atom is 0.153 e. The topological polar surface area (TPSA) is 83.6 Å². The van der Waals surface area contributed by atoms with Gasteiger partial charge in [-0.15, -0.1) is 5.10 Å². The first-order chi connectivity index (χ1) is 10.8. The monoisotopic (exact) mass is 308 g/mol. The molecule has 1 aromatic carbocycles. The minimum absolute atomic E-state index is 0.0750. The van der Waals surface area contributed by atoms with Crippen LogP contribution in [0.15, 0.2) is 24.3 Å². The maximum atomic E-state index is 9.08. The van der Waals surface area contributed by atoms with E-state index < -0.39 is 0 Å². The molecular formula is C15H24N4O3. The van der Waals surface area contributed by atoms with E-state index in [1.54, 1.807) is 4.68 Å². The van der Waals surface area contributed by atoms with E-state index in [-0.39, 0.29) is 19.4 Å². The minimum atomic E-state index is -0.211. The highest BCUT2D eigenvalue weighted by molar-refractivity contribution is 5.73. The summed E-state index contributed by atoms with van der Waals surface area (Å²) in [6.45, 7) is 4.47. The normalized spacial score (nSPS) is 13.1. The van der Waals surface area contributed by atoms with Crippen LogP contribution in [-0.2, 0) is 4.74 Å². The van der Waals surface area contributed by atoms with E-state index in [4.69, 9.17) is 14.9 Å². The lowest BCUT2D eigenvalue weighted by molar-refractivity contribution is -0.0105. The van der Waals surface area contributed by atoms with Gasteiger partial charge in [-0.1, -0.05) is 17.3 Å². The van der Waals surface area contributed by atoms with Gasteiger partial charge in [0.15, 0.2) is 6.23 Å². The smallest absolute Gasteiger partial charge is 0.153 e. The van der Waals surface area contributed by atoms with Crippen LogP contribution in [0.5, 0.6) is 0 Å². The predicted octanol–water partition coefficient (Wildman–Crippen LogP) is 0.643. The third-order valence-electron chi connectivity index (χ3n) is 3.53. The van der Waals surface area contributed by atoms with Gasteiger partial charge in [0.2, 0.25) is 0 Å². The van der Waals surface area contributed by atoms with Crippen LogP contribution in [-0.4, -0.2) is 69.6 Å². The highest BCUT2D eigenvalue weighted by Crippen LogP contribution is 2.19. The van der Waals surface area contributed by atoms with Crippen LogP contribution in [0.25, 0.3) is 11.0 Å². The van der Waals surface area contributed by atoms with Crippen molar-refractivity contribution in [3.8, 4) is 0 Å². The summed E-state index contributed by atoms with van der Waals surface area (Å²) in [5.74, 6) is 0. The van der Waals surface area contributed by atoms with Gasteiger partial charge in [-0.3, -0.25) is 4.90 Å². The number of para-hydroxylation sites is 1. The van der Waals surface area contributed by atoms with Gasteiger partial charge >= 0.3 is 0 Å². The third kappa shape index (κ3) is 4.23. The number of hydrogen-bond acceptors (Lipinski definition) is 6. The highest BCUT2D eigenvalue weighted by atomic mass is 16.5. The first kappa shape index (κ1) is 16.8. The van der Waals surface area contributed by atoms with Gasteiger partial charge in [-0.05, 0) is 19.1 Å². The van der Waals surface area contributed by atoms with Crippen LogP contribution in [0.1, 0.15) is 19.6 Å². The minimum Gasteiger partial charge on any atom is -0.395 e. The second-order valence-electron chi connectivity index (χ2n) is 5.01. The van der Waals surface area contributed by atoms with Crippen molar-refractivity contribution in [2.24, 2.45) is 0 Å². The molecule has 0 aliphatic carbocycles. The summed E-state index contributed by atoms with van der Waals surface area (Å²) >= 11 is 0. The molecule has 0 spiro atoms. The molecule has 22 heavy (non-hydrogen) atoms. The number of aliphatic hydroxyl groups excluding tert-OH is 2. The first-order valence-corrected chi connectivity index (χ1v) is 7.65. The summed E-state index contributed by atoms with van der Waals surface area (Å²) < 4.78 is 7.61. The molecule has 0 bridgehead atoms. The Morgan fingerprint density at radius 2 is 1.91 bits per heavy atom. The summed E-state index contributed by atoms with van der Waals surface area (Å²) in [6.07, 6.45) is 0.499. The summed E-state index contributed by atoms with van der Waals surface area (Å²) in [5.41, 5.74) is 1.78. The zero-order valence-electron chi connectivity index (χ0n) is 12.9. The Morgan fingerprint density at radius 3 is 2.59 bits per heavy atom. The predicted molar refractivity (Wildman–Crippen MR) is 83.4 cm³/mol. The van der Waals surface area contributed by atoms with E-state index in [1.807, 2.05) is 36.1 Å². The quantitative estimate of drug-likeness (QED) is 0.670. The van der Waals surface area contributed by atoms with Crippen molar-refractivity contribution in [3.05, 3.63) is 24.3 Å². The number of rotatable bonds is 10. The van der Waals surface area contributed by atoms with Gasteiger partial charge in [0.05, 0.1) is 18.7 Å². The fourth-order valence-electron chi connectivity index (χ4n) is 2.48. The fraction of sp³-hybridized carbons (Fsp3) is 0.600. The van der Waals surface area contributed by atoms with Crippen LogP contribution >= 0.6 is 0 Å². The van der Waals surface area contributed by atoms with E-state index in [9.17, 15) is 0 Å². The van der Waals surface area contributed by atoms with E-state index in [0.717, 1.165) is 11.0 Å². The zero-order valence-corrected chi connectivity index (χ0v) is 12.9. The molecule has 0 aliphatic rings. The van der Waals surface area contributed by atoms with Crippen molar-refractivity contribution in [2.45, 2.75) is 19.6 Å². The number of hydrogen-bond donors (Lipinski definition) is 2. The molecule has 0 fully saturated rings. The molecule has 1 aromatic heterocycles. The summed E-state index contributed by atoms with van der Waals surface area (Å²) in [7, 11) is 0. The van der Waals surface area contributed by atoms with Gasteiger partial charge in [0, 0.05) is 32.7 Å². The maximum absolute atomic E-state index is 9.08. The molecule has 122 valence electrons.